The Balaban J connectivity index is 2.24. The second-order valence-corrected chi connectivity index (χ2v) is 7.03. The number of benzene rings is 2. The van der Waals surface area contributed by atoms with Gasteiger partial charge in [-0.05, 0) is 30.3 Å². The Kier molecular flexibility index (Phi) is 3.27. The first-order valence-electron chi connectivity index (χ1n) is 6.07. The Morgan fingerprint density at radius 2 is 1.76 bits per heavy atom. The molecule has 0 fully saturated rings. The summed E-state index contributed by atoms with van der Waals surface area (Å²) in [5, 5.41) is 0. The third-order valence-corrected chi connectivity index (χ3v) is 5.09. The van der Waals surface area contributed by atoms with E-state index < -0.39 is 10.1 Å². The third-order valence-electron chi connectivity index (χ3n) is 3.11. The van der Waals surface area contributed by atoms with Gasteiger partial charge in [-0.2, -0.15) is 8.42 Å². The molecule has 0 saturated carbocycles. The number of fused-ring (bicyclic) bond motifs is 2. The van der Waals surface area contributed by atoms with Gasteiger partial charge in [-0.25, -0.2) is 0 Å². The van der Waals surface area contributed by atoms with E-state index in [1.807, 2.05) is 18.2 Å². The predicted octanol–water partition coefficient (Wildman–Crippen LogP) is 3.08. The molecule has 1 aliphatic heterocycles. The van der Waals surface area contributed by atoms with Gasteiger partial charge in [0, 0.05) is 16.7 Å². The maximum Gasteiger partial charge on any atom is 0.294 e. The van der Waals surface area contributed by atoms with Crippen LogP contribution >= 0.6 is 11.8 Å². The molecule has 1 aliphatic rings. The normalized spacial score (nSPS) is 13.5. The van der Waals surface area contributed by atoms with Crippen LogP contribution < -0.4 is 4.90 Å². The number of para-hydroxylation sites is 1. The second kappa shape index (κ2) is 4.87. The lowest BCUT2D eigenvalue weighted by Gasteiger charge is -2.30. The minimum atomic E-state index is -4.31. The zero-order chi connectivity index (χ0) is 15.2. The van der Waals surface area contributed by atoms with Crippen LogP contribution in [0.25, 0.3) is 0 Å². The molecule has 0 spiro atoms. The van der Waals surface area contributed by atoms with Crippen LogP contribution in [0, 0.1) is 0 Å². The minimum absolute atomic E-state index is 0.225. The monoisotopic (exact) mass is 321 g/mol. The highest BCUT2D eigenvalue weighted by Gasteiger charge is 2.27. The van der Waals surface area contributed by atoms with Crippen molar-refractivity contribution in [1.82, 2.24) is 0 Å². The Morgan fingerprint density at radius 1 is 1.10 bits per heavy atom. The zero-order valence-electron chi connectivity index (χ0n) is 11.0. The average molecular weight is 321 g/mol. The standard InChI is InChI=1S/C14H11NO4S2/c1-9(16)15-11-4-2-3-5-13(11)20-14-7-6-10(8-12(14)15)21(17,18)19/h2-8H,1H3,(H,17,18,19). The van der Waals surface area contributed by atoms with E-state index >= 15 is 0 Å². The van der Waals surface area contributed by atoms with Crippen LogP contribution in [0.1, 0.15) is 6.92 Å². The van der Waals surface area contributed by atoms with Gasteiger partial charge in [-0.3, -0.25) is 14.2 Å². The molecule has 1 N–H and O–H groups in total. The first-order chi connectivity index (χ1) is 9.88. The van der Waals surface area contributed by atoms with Gasteiger partial charge in [-0.1, -0.05) is 23.9 Å². The highest BCUT2D eigenvalue weighted by atomic mass is 32.2. The number of amides is 1. The van der Waals surface area contributed by atoms with Crippen molar-refractivity contribution in [3.8, 4) is 0 Å². The Bertz CT molecular complexity index is 846. The molecule has 0 atom stereocenters. The van der Waals surface area contributed by atoms with Crippen molar-refractivity contribution >= 4 is 39.2 Å². The zero-order valence-corrected chi connectivity index (χ0v) is 12.6. The maximum absolute atomic E-state index is 12.0. The lowest BCUT2D eigenvalue weighted by atomic mass is 10.2. The van der Waals surface area contributed by atoms with E-state index in [2.05, 4.69) is 0 Å². The molecular weight excluding hydrogens is 310 g/mol. The highest BCUT2D eigenvalue weighted by molar-refractivity contribution is 7.99. The first-order valence-corrected chi connectivity index (χ1v) is 8.33. The summed E-state index contributed by atoms with van der Waals surface area (Å²) in [5.41, 5.74) is 1.16. The van der Waals surface area contributed by atoms with E-state index in [0.29, 0.717) is 11.4 Å². The molecule has 0 saturated heterocycles. The molecule has 108 valence electrons. The molecule has 0 radical (unpaired) electrons. The van der Waals surface area contributed by atoms with E-state index in [0.717, 1.165) is 9.79 Å². The Morgan fingerprint density at radius 3 is 2.43 bits per heavy atom. The molecule has 7 heteroatoms. The van der Waals surface area contributed by atoms with Crippen LogP contribution in [0.15, 0.2) is 57.2 Å². The molecule has 3 rings (SSSR count). The van der Waals surface area contributed by atoms with Crippen LogP contribution in [0.4, 0.5) is 11.4 Å². The molecule has 5 nitrogen and oxygen atoms in total. The molecule has 2 aromatic carbocycles. The topological polar surface area (TPSA) is 74.7 Å². The van der Waals surface area contributed by atoms with E-state index in [9.17, 15) is 17.8 Å². The van der Waals surface area contributed by atoms with Crippen molar-refractivity contribution in [2.24, 2.45) is 0 Å². The van der Waals surface area contributed by atoms with Crippen LogP contribution in [-0.2, 0) is 14.9 Å². The summed E-state index contributed by atoms with van der Waals surface area (Å²) in [6, 6.07) is 11.6. The number of carbonyl (C=O) groups excluding carboxylic acids is 1. The lowest BCUT2D eigenvalue weighted by Crippen LogP contribution is -2.26. The van der Waals surface area contributed by atoms with Gasteiger partial charge in [0.15, 0.2) is 0 Å². The number of rotatable bonds is 1. The third kappa shape index (κ3) is 2.44. The van der Waals surface area contributed by atoms with Crippen molar-refractivity contribution < 1.29 is 17.8 Å². The Labute approximate surface area is 126 Å². The summed E-state index contributed by atoms with van der Waals surface area (Å²) in [7, 11) is -4.31. The van der Waals surface area contributed by atoms with Crippen LogP contribution in [-0.4, -0.2) is 18.9 Å². The molecule has 2 aromatic rings. The largest absolute Gasteiger partial charge is 0.294 e. The molecule has 0 aliphatic carbocycles. The number of anilines is 2. The van der Waals surface area contributed by atoms with Gasteiger partial charge in [0.25, 0.3) is 10.1 Å². The van der Waals surface area contributed by atoms with Crippen molar-refractivity contribution in [2.75, 3.05) is 4.90 Å². The first kappa shape index (κ1) is 14.1. The van der Waals surface area contributed by atoms with E-state index in [-0.39, 0.29) is 10.8 Å². The molecule has 1 heterocycles. The van der Waals surface area contributed by atoms with Crippen LogP contribution in [0.3, 0.4) is 0 Å². The molecular formula is C14H11NO4S2. The predicted molar refractivity (Wildman–Crippen MR) is 79.6 cm³/mol. The maximum atomic E-state index is 12.0. The van der Waals surface area contributed by atoms with Gasteiger partial charge in [-0.15, -0.1) is 0 Å². The number of nitrogens with zero attached hydrogens (tertiary/aromatic N) is 1. The average Bonchev–Trinajstić information content (AvgIpc) is 2.42. The van der Waals surface area contributed by atoms with Crippen molar-refractivity contribution in [3.63, 3.8) is 0 Å². The van der Waals surface area contributed by atoms with E-state index in [1.54, 1.807) is 12.1 Å². The van der Waals surface area contributed by atoms with Gasteiger partial charge >= 0.3 is 0 Å². The van der Waals surface area contributed by atoms with Crippen LogP contribution in [0.5, 0.6) is 0 Å². The number of hydrogen-bond acceptors (Lipinski definition) is 4. The smallest absolute Gasteiger partial charge is 0.282 e. The fraction of sp³-hybridized carbons (Fsp3) is 0.0714. The summed E-state index contributed by atoms with van der Waals surface area (Å²) in [6.45, 7) is 1.41. The SMILES string of the molecule is CC(=O)N1c2ccccc2Sc2ccc(S(=O)(=O)O)cc21. The fourth-order valence-electron chi connectivity index (χ4n) is 2.23. The van der Waals surface area contributed by atoms with Crippen LogP contribution in [0.2, 0.25) is 0 Å². The minimum Gasteiger partial charge on any atom is -0.282 e. The van der Waals surface area contributed by atoms with Gasteiger partial charge in [0.2, 0.25) is 5.91 Å². The Hall–Kier alpha value is -1.83. The van der Waals surface area contributed by atoms with Gasteiger partial charge in [0.05, 0.1) is 16.3 Å². The molecule has 21 heavy (non-hydrogen) atoms. The van der Waals surface area contributed by atoms with Gasteiger partial charge < -0.3 is 0 Å². The summed E-state index contributed by atoms with van der Waals surface area (Å²) >= 11 is 1.45. The van der Waals surface area contributed by atoms with Gasteiger partial charge in [0.1, 0.15) is 0 Å². The van der Waals surface area contributed by atoms with E-state index in [4.69, 9.17) is 0 Å². The molecule has 1 amide bonds. The number of hydrogen-bond donors (Lipinski definition) is 1. The molecule has 0 bridgehead atoms. The number of carbonyl (C=O) groups is 1. The fourth-order valence-corrected chi connectivity index (χ4v) is 3.77. The summed E-state index contributed by atoms with van der Waals surface area (Å²) in [5.74, 6) is -0.225. The molecule has 0 aromatic heterocycles. The van der Waals surface area contributed by atoms with Crippen molar-refractivity contribution in [1.29, 1.82) is 0 Å². The summed E-state index contributed by atoms with van der Waals surface area (Å²) in [4.78, 5) is 14.9. The summed E-state index contributed by atoms with van der Waals surface area (Å²) < 4.78 is 31.7. The lowest BCUT2D eigenvalue weighted by molar-refractivity contribution is -0.115. The molecule has 0 unspecified atom stereocenters. The summed E-state index contributed by atoms with van der Waals surface area (Å²) in [6.07, 6.45) is 0. The highest BCUT2D eigenvalue weighted by Crippen LogP contribution is 2.48. The quantitative estimate of drug-likeness (QED) is 0.817. The van der Waals surface area contributed by atoms with E-state index in [1.165, 1.54) is 35.7 Å². The van der Waals surface area contributed by atoms with Crippen molar-refractivity contribution in [3.05, 3.63) is 42.5 Å². The second-order valence-electron chi connectivity index (χ2n) is 4.53. The van der Waals surface area contributed by atoms with Crippen molar-refractivity contribution in [2.45, 2.75) is 21.6 Å².